The highest BCUT2D eigenvalue weighted by molar-refractivity contribution is 5.94. The molecule has 0 saturated carbocycles. The van der Waals surface area contributed by atoms with Crippen molar-refractivity contribution in [1.29, 1.82) is 0 Å². The molecule has 1 aromatic heterocycles. The molecule has 0 aromatic carbocycles. The molecular formula is C9H11N5O. The number of hydrogen-bond acceptors (Lipinski definition) is 3. The summed E-state index contributed by atoms with van der Waals surface area (Å²) in [7, 11) is 0. The molecule has 6 heteroatoms. The van der Waals surface area contributed by atoms with Crippen LogP contribution in [0.25, 0.3) is 10.4 Å². The Labute approximate surface area is 87.0 Å². The Balaban J connectivity index is 2.50. The highest BCUT2D eigenvalue weighted by Gasteiger charge is 2.03. The van der Waals surface area contributed by atoms with Gasteiger partial charge in [0.2, 0.25) is 0 Å². The van der Waals surface area contributed by atoms with Crippen LogP contribution in [0, 0.1) is 6.92 Å². The smallest absolute Gasteiger partial charge is 0.251 e. The molecule has 0 unspecified atom stereocenters. The van der Waals surface area contributed by atoms with Gasteiger partial charge in [0.05, 0.1) is 0 Å². The van der Waals surface area contributed by atoms with Crippen LogP contribution in [-0.4, -0.2) is 24.0 Å². The number of amides is 1. The predicted molar refractivity (Wildman–Crippen MR) is 55.3 cm³/mol. The lowest BCUT2D eigenvalue weighted by molar-refractivity contribution is 0.0954. The van der Waals surface area contributed by atoms with Gasteiger partial charge in [0.25, 0.3) is 5.91 Å². The molecule has 0 radical (unpaired) electrons. The topological polar surface area (TPSA) is 90.8 Å². The molecule has 0 fully saturated rings. The number of nitrogens with zero attached hydrogens (tertiary/aromatic N) is 4. The zero-order valence-corrected chi connectivity index (χ0v) is 8.34. The van der Waals surface area contributed by atoms with E-state index in [1.807, 2.05) is 6.92 Å². The van der Waals surface area contributed by atoms with Crippen molar-refractivity contribution in [2.24, 2.45) is 5.11 Å². The second-order valence-electron chi connectivity index (χ2n) is 2.90. The summed E-state index contributed by atoms with van der Waals surface area (Å²) in [5.41, 5.74) is 9.37. The zero-order valence-electron chi connectivity index (χ0n) is 8.34. The molecule has 15 heavy (non-hydrogen) atoms. The first-order chi connectivity index (χ1) is 7.24. The quantitative estimate of drug-likeness (QED) is 0.348. The molecular weight excluding hydrogens is 194 g/mol. The molecule has 1 aromatic rings. The lowest BCUT2D eigenvalue weighted by atomic mass is 10.2. The van der Waals surface area contributed by atoms with Crippen LogP contribution in [0.2, 0.25) is 0 Å². The number of rotatable bonds is 4. The van der Waals surface area contributed by atoms with E-state index in [4.69, 9.17) is 5.53 Å². The summed E-state index contributed by atoms with van der Waals surface area (Å²) in [6.45, 7) is 2.41. The van der Waals surface area contributed by atoms with E-state index >= 15 is 0 Å². The summed E-state index contributed by atoms with van der Waals surface area (Å²) in [5.74, 6) is -0.186. The van der Waals surface area contributed by atoms with E-state index in [2.05, 4.69) is 20.3 Å². The molecule has 1 rings (SSSR count). The first-order valence-electron chi connectivity index (χ1n) is 4.46. The fraction of sp³-hybridized carbons (Fsp3) is 0.333. The first kappa shape index (κ1) is 11.0. The number of aryl methyl sites for hydroxylation is 1. The maximum atomic E-state index is 11.5. The first-order valence-corrected chi connectivity index (χ1v) is 4.46. The van der Waals surface area contributed by atoms with Crippen molar-refractivity contribution >= 4 is 5.91 Å². The third kappa shape index (κ3) is 3.66. The van der Waals surface area contributed by atoms with E-state index in [9.17, 15) is 4.79 Å². The molecule has 1 heterocycles. The maximum absolute atomic E-state index is 11.5. The Morgan fingerprint density at radius 3 is 3.20 bits per heavy atom. The zero-order chi connectivity index (χ0) is 11.1. The summed E-state index contributed by atoms with van der Waals surface area (Å²) in [4.78, 5) is 18.1. The van der Waals surface area contributed by atoms with E-state index in [0.29, 0.717) is 12.1 Å². The summed E-state index contributed by atoms with van der Waals surface area (Å²) in [6, 6.07) is 3.33. The standard InChI is InChI=1S/C9H11N5O/c1-7-6-8(2-3-11-7)9(15)12-4-5-13-14-10/h2-3,6H,4-5H2,1H3,(H,12,15). The SMILES string of the molecule is Cc1cc(C(=O)NCCN=[N+]=[N-])ccn1. The molecule has 6 nitrogen and oxygen atoms in total. The number of nitrogens with one attached hydrogen (secondary N) is 1. The molecule has 0 spiro atoms. The van der Waals surface area contributed by atoms with Crippen molar-refractivity contribution in [2.75, 3.05) is 13.1 Å². The number of aromatic nitrogens is 1. The average Bonchev–Trinajstić information content (AvgIpc) is 2.24. The van der Waals surface area contributed by atoms with E-state index < -0.39 is 0 Å². The minimum atomic E-state index is -0.186. The van der Waals surface area contributed by atoms with Gasteiger partial charge in [0.15, 0.2) is 0 Å². The van der Waals surface area contributed by atoms with Gasteiger partial charge in [-0.25, -0.2) is 0 Å². The average molecular weight is 205 g/mol. The molecule has 0 aliphatic carbocycles. The number of azide groups is 1. The fourth-order valence-electron chi connectivity index (χ4n) is 1.05. The Kier molecular flexibility index (Phi) is 4.12. The summed E-state index contributed by atoms with van der Waals surface area (Å²) in [6.07, 6.45) is 1.58. The summed E-state index contributed by atoms with van der Waals surface area (Å²) >= 11 is 0. The van der Waals surface area contributed by atoms with Crippen molar-refractivity contribution < 1.29 is 4.79 Å². The Hall–Kier alpha value is -2.07. The monoisotopic (exact) mass is 205 g/mol. The third-order valence-electron chi connectivity index (χ3n) is 1.72. The van der Waals surface area contributed by atoms with Crippen LogP contribution in [0.1, 0.15) is 16.1 Å². The molecule has 1 amide bonds. The van der Waals surface area contributed by atoms with Crippen molar-refractivity contribution in [3.63, 3.8) is 0 Å². The van der Waals surface area contributed by atoms with Gasteiger partial charge in [-0.3, -0.25) is 9.78 Å². The van der Waals surface area contributed by atoms with Gasteiger partial charge < -0.3 is 5.32 Å². The lowest BCUT2D eigenvalue weighted by Gasteiger charge is -2.03. The second kappa shape index (κ2) is 5.62. The van der Waals surface area contributed by atoms with Crippen molar-refractivity contribution in [3.8, 4) is 0 Å². The number of carbonyl (C=O) groups excluding carboxylic acids is 1. The van der Waals surface area contributed by atoms with Crippen LogP contribution in [0.4, 0.5) is 0 Å². The van der Waals surface area contributed by atoms with Gasteiger partial charge in [0.1, 0.15) is 0 Å². The molecule has 0 atom stereocenters. The third-order valence-corrected chi connectivity index (χ3v) is 1.72. The van der Waals surface area contributed by atoms with Crippen LogP contribution in [0.15, 0.2) is 23.4 Å². The Bertz CT molecular complexity index is 397. The van der Waals surface area contributed by atoms with Crippen LogP contribution in [0.3, 0.4) is 0 Å². The minimum absolute atomic E-state index is 0.186. The van der Waals surface area contributed by atoms with Crippen LogP contribution >= 0.6 is 0 Å². The highest BCUT2D eigenvalue weighted by Crippen LogP contribution is 1.99. The van der Waals surface area contributed by atoms with E-state index in [1.165, 1.54) is 0 Å². The Morgan fingerprint density at radius 2 is 2.53 bits per heavy atom. The van der Waals surface area contributed by atoms with Crippen LogP contribution < -0.4 is 5.32 Å². The molecule has 0 aliphatic heterocycles. The fourth-order valence-corrected chi connectivity index (χ4v) is 1.05. The van der Waals surface area contributed by atoms with Crippen molar-refractivity contribution in [1.82, 2.24) is 10.3 Å². The largest absolute Gasteiger partial charge is 0.352 e. The second-order valence-corrected chi connectivity index (χ2v) is 2.90. The van der Waals surface area contributed by atoms with E-state index in [1.54, 1.807) is 18.3 Å². The van der Waals surface area contributed by atoms with Gasteiger partial charge in [-0.15, -0.1) is 0 Å². The van der Waals surface area contributed by atoms with Crippen molar-refractivity contribution in [2.45, 2.75) is 6.92 Å². The van der Waals surface area contributed by atoms with Gasteiger partial charge in [0, 0.05) is 35.5 Å². The van der Waals surface area contributed by atoms with E-state index in [0.717, 1.165) is 5.69 Å². The van der Waals surface area contributed by atoms with Crippen LogP contribution in [0.5, 0.6) is 0 Å². The van der Waals surface area contributed by atoms with E-state index in [-0.39, 0.29) is 12.5 Å². The van der Waals surface area contributed by atoms with Gasteiger partial charge >= 0.3 is 0 Å². The van der Waals surface area contributed by atoms with Gasteiger partial charge in [-0.05, 0) is 24.6 Å². The lowest BCUT2D eigenvalue weighted by Crippen LogP contribution is -2.25. The molecule has 0 aliphatic rings. The number of pyridine rings is 1. The van der Waals surface area contributed by atoms with Crippen molar-refractivity contribution in [3.05, 3.63) is 40.0 Å². The molecule has 1 N–H and O–H groups in total. The number of hydrogen-bond donors (Lipinski definition) is 1. The molecule has 0 saturated heterocycles. The normalized spacial score (nSPS) is 9.13. The highest BCUT2D eigenvalue weighted by atomic mass is 16.1. The number of carbonyl (C=O) groups is 1. The summed E-state index contributed by atoms with van der Waals surface area (Å²) in [5, 5.41) is 5.94. The minimum Gasteiger partial charge on any atom is -0.352 e. The molecule has 0 bridgehead atoms. The predicted octanol–water partition coefficient (Wildman–Crippen LogP) is 1.43. The molecule has 78 valence electrons. The van der Waals surface area contributed by atoms with Gasteiger partial charge in [-0.2, -0.15) is 0 Å². The van der Waals surface area contributed by atoms with Crippen LogP contribution in [-0.2, 0) is 0 Å². The summed E-state index contributed by atoms with van der Waals surface area (Å²) < 4.78 is 0. The Morgan fingerprint density at radius 1 is 1.73 bits per heavy atom. The maximum Gasteiger partial charge on any atom is 0.251 e. The van der Waals surface area contributed by atoms with Gasteiger partial charge in [-0.1, -0.05) is 5.11 Å².